The number of benzene rings is 1. The Kier molecular flexibility index (Phi) is 4.36. The van der Waals surface area contributed by atoms with E-state index in [2.05, 4.69) is 13.0 Å². The van der Waals surface area contributed by atoms with Crippen LogP contribution in [-0.4, -0.2) is 0 Å². The molecule has 0 nitrogen and oxygen atoms in total. The topological polar surface area (TPSA) is 0 Å². The Labute approximate surface area is 104 Å². The molecule has 0 aliphatic heterocycles. The minimum absolute atomic E-state index is 0.108. The summed E-state index contributed by atoms with van der Waals surface area (Å²) in [5.41, 5.74) is 3.94. The fourth-order valence-corrected chi connectivity index (χ4v) is 2.49. The molecule has 1 aliphatic carbocycles. The van der Waals surface area contributed by atoms with Crippen molar-refractivity contribution in [2.75, 3.05) is 0 Å². The summed E-state index contributed by atoms with van der Waals surface area (Å²) >= 11 is 0. The van der Waals surface area contributed by atoms with E-state index in [1.165, 1.54) is 43.2 Å². The fourth-order valence-electron chi connectivity index (χ4n) is 2.49. The van der Waals surface area contributed by atoms with E-state index in [-0.39, 0.29) is 5.82 Å². The maximum absolute atomic E-state index is 13.1. The van der Waals surface area contributed by atoms with Gasteiger partial charge < -0.3 is 0 Å². The van der Waals surface area contributed by atoms with E-state index in [4.69, 9.17) is 0 Å². The van der Waals surface area contributed by atoms with Crippen molar-refractivity contribution >= 4 is 6.08 Å². The molecular formula is C16H21F. The van der Waals surface area contributed by atoms with Crippen LogP contribution in [0.1, 0.15) is 56.6 Å². The lowest BCUT2D eigenvalue weighted by molar-refractivity contribution is 0.623. The monoisotopic (exact) mass is 232 g/mol. The van der Waals surface area contributed by atoms with Gasteiger partial charge in [0.25, 0.3) is 0 Å². The van der Waals surface area contributed by atoms with Gasteiger partial charge in [-0.2, -0.15) is 0 Å². The van der Waals surface area contributed by atoms with Crippen molar-refractivity contribution in [1.82, 2.24) is 0 Å². The summed E-state index contributed by atoms with van der Waals surface area (Å²) in [6.07, 6.45) is 10.9. The molecule has 1 heteroatoms. The highest BCUT2D eigenvalue weighted by Gasteiger charge is 2.10. The predicted octanol–water partition coefficient (Wildman–Crippen LogP) is 5.13. The Morgan fingerprint density at radius 2 is 2.00 bits per heavy atom. The molecule has 0 atom stereocenters. The highest BCUT2D eigenvalue weighted by Crippen LogP contribution is 2.27. The highest BCUT2D eigenvalue weighted by atomic mass is 19.1. The zero-order chi connectivity index (χ0) is 12.1. The molecule has 0 saturated carbocycles. The molecule has 1 aliphatic rings. The summed E-state index contributed by atoms with van der Waals surface area (Å²) in [6, 6.07) is 5.16. The van der Waals surface area contributed by atoms with Crippen LogP contribution in [0, 0.1) is 5.82 Å². The molecule has 0 radical (unpaired) electrons. The van der Waals surface area contributed by atoms with Crippen LogP contribution in [0.5, 0.6) is 0 Å². The van der Waals surface area contributed by atoms with Gasteiger partial charge in [-0.3, -0.25) is 0 Å². The van der Waals surface area contributed by atoms with Gasteiger partial charge >= 0.3 is 0 Å². The van der Waals surface area contributed by atoms with Crippen LogP contribution in [0.4, 0.5) is 4.39 Å². The van der Waals surface area contributed by atoms with E-state index in [1.54, 1.807) is 17.7 Å². The van der Waals surface area contributed by atoms with Gasteiger partial charge in [0.1, 0.15) is 5.82 Å². The van der Waals surface area contributed by atoms with E-state index >= 15 is 0 Å². The number of rotatable bonds is 5. The standard InChI is InChI=1S/C16H21F/c1-2-3-4-5-6-13-7-8-15-12-16(17)10-9-14(15)11-13/h9-12H,2-8H2,1H3. The van der Waals surface area contributed by atoms with Crippen LogP contribution in [0.2, 0.25) is 0 Å². The van der Waals surface area contributed by atoms with Crippen LogP contribution in [-0.2, 0) is 6.42 Å². The molecule has 0 amide bonds. The second-order valence-electron chi connectivity index (χ2n) is 4.96. The Morgan fingerprint density at radius 3 is 2.82 bits per heavy atom. The van der Waals surface area contributed by atoms with E-state index in [9.17, 15) is 4.39 Å². The number of allylic oxidation sites excluding steroid dienone is 1. The second kappa shape index (κ2) is 6.00. The molecule has 0 fully saturated rings. The maximum Gasteiger partial charge on any atom is 0.123 e. The summed E-state index contributed by atoms with van der Waals surface area (Å²) in [4.78, 5) is 0. The van der Waals surface area contributed by atoms with E-state index in [0.717, 1.165) is 12.8 Å². The summed E-state index contributed by atoms with van der Waals surface area (Å²) in [6.45, 7) is 2.24. The largest absolute Gasteiger partial charge is 0.207 e. The zero-order valence-electron chi connectivity index (χ0n) is 10.6. The van der Waals surface area contributed by atoms with Crippen molar-refractivity contribution in [3.05, 3.63) is 40.7 Å². The van der Waals surface area contributed by atoms with Gasteiger partial charge in [-0.15, -0.1) is 0 Å². The molecule has 92 valence electrons. The van der Waals surface area contributed by atoms with E-state index < -0.39 is 0 Å². The van der Waals surface area contributed by atoms with Crippen molar-refractivity contribution in [1.29, 1.82) is 0 Å². The van der Waals surface area contributed by atoms with Crippen molar-refractivity contribution < 1.29 is 4.39 Å². The van der Waals surface area contributed by atoms with Crippen LogP contribution in [0.3, 0.4) is 0 Å². The van der Waals surface area contributed by atoms with Gasteiger partial charge in [0, 0.05) is 0 Å². The molecule has 2 rings (SSSR count). The number of unbranched alkanes of at least 4 members (excludes halogenated alkanes) is 3. The van der Waals surface area contributed by atoms with Crippen molar-refractivity contribution in [3.63, 3.8) is 0 Å². The van der Waals surface area contributed by atoms with Gasteiger partial charge in [0.15, 0.2) is 0 Å². The molecule has 0 heterocycles. The first-order valence-electron chi connectivity index (χ1n) is 6.77. The minimum atomic E-state index is -0.108. The number of aryl methyl sites for hydroxylation is 1. The van der Waals surface area contributed by atoms with Crippen LogP contribution in [0.15, 0.2) is 23.8 Å². The molecule has 0 aromatic heterocycles. The average Bonchev–Trinajstić information content (AvgIpc) is 2.35. The first-order valence-corrected chi connectivity index (χ1v) is 6.77. The van der Waals surface area contributed by atoms with Gasteiger partial charge in [-0.1, -0.05) is 43.9 Å². The first kappa shape index (κ1) is 12.3. The molecule has 0 bridgehead atoms. The van der Waals surface area contributed by atoms with Crippen molar-refractivity contribution in [2.24, 2.45) is 0 Å². The fraction of sp³-hybridized carbons (Fsp3) is 0.500. The number of halogens is 1. The van der Waals surface area contributed by atoms with Gasteiger partial charge in [0.05, 0.1) is 0 Å². The lowest BCUT2D eigenvalue weighted by atomic mass is 9.89. The second-order valence-corrected chi connectivity index (χ2v) is 4.96. The Balaban J connectivity index is 1.95. The number of hydrogen-bond acceptors (Lipinski definition) is 0. The Morgan fingerprint density at radius 1 is 1.12 bits per heavy atom. The lowest BCUT2D eigenvalue weighted by Crippen LogP contribution is -2.00. The van der Waals surface area contributed by atoms with Crippen molar-refractivity contribution in [2.45, 2.75) is 51.9 Å². The first-order chi connectivity index (χ1) is 8.29. The molecular weight excluding hydrogens is 211 g/mol. The molecule has 1 aromatic carbocycles. The highest BCUT2D eigenvalue weighted by molar-refractivity contribution is 5.59. The van der Waals surface area contributed by atoms with Crippen LogP contribution in [0.25, 0.3) is 6.08 Å². The molecule has 0 unspecified atom stereocenters. The Hall–Kier alpha value is -1.11. The number of hydrogen-bond donors (Lipinski definition) is 0. The molecule has 1 aromatic rings. The molecule has 0 spiro atoms. The van der Waals surface area contributed by atoms with Crippen LogP contribution >= 0.6 is 0 Å². The third-order valence-electron chi connectivity index (χ3n) is 3.53. The summed E-state index contributed by atoms with van der Waals surface area (Å²) in [5.74, 6) is -0.108. The third-order valence-corrected chi connectivity index (χ3v) is 3.53. The molecule has 17 heavy (non-hydrogen) atoms. The van der Waals surface area contributed by atoms with Crippen LogP contribution < -0.4 is 0 Å². The smallest absolute Gasteiger partial charge is 0.123 e. The molecule has 0 N–H and O–H groups in total. The Bertz CT molecular complexity index is 404. The molecule has 0 saturated heterocycles. The summed E-state index contributed by atoms with van der Waals surface area (Å²) < 4.78 is 13.1. The van der Waals surface area contributed by atoms with Crippen molar-refractivity contribution in [3.8, 4) is 0 Å². The van der Waals surface area contributed by atoms with Gasteiger partial charge in [-0.25, -0.2) is 4.39 Å². The van der Waals surface area contributed by atoms with E-state index in [0.29, 0.717) is 0 Å². The van der Waals surface area contributed by atoms with Gasteiger partial charge in [0.2, 0.25) is 0 Å². The van der Waals surface area contributed by atoms with Gasteiger partial charge in [-0.05, 0) is 48.9 Å². The average molecular weight is 232 g/mol. The third kappa shape index (κ3) is 3.42. The SMILES string of the molecule is CCCCCCC1=Cc2ccc(F)cc2CC1. The number of fused-ring (bicyclic) bond motifs is 1. The maximum atomic E-state index is 13.1. The predicted molar refractivity (Wildman–Crippen MR) is 71.5 cm³/mol. The normalized spacial score (nSPS) is 14.4. The quantitative estimate of drug-likeness (QED) is 0.618. The summed E-state index contributed by atoms with van der Waals surface area (Å²) in [5, 5.41) is 0. The zero-order valence-corrected chi connectivity index (χ0v) is 10.6. The summed E-state index contributed by atoms with van der Waals surface area (Å²) in [7, 11) is 0. The lowest BCUT2D eigenvalue weighted by Gasteiger charge is -2.16. The van der Waals surface area contributed by atoms with E-state index in [1.807, 2.05) is 6.07 Å². The minimum Gasteiger partial charge on any atom is -0.207 e.